The van der Waals surface area contributed by atoms with Gasteiger partial charge in [-0.15, -0.1) is 11.8 Å². The smallest absolute Gasteiger partial charge is 0.126 e. The highest BCUT2D eigenvalue weighted by atomic mass is 32.2. The Morgan fingerprint density at radius 1 is 1.35 bits per heavy atom. The summed E-state index contributed by atoms with van der Waals surface area (Å²) >= 11 is 1.55. The number of anilines is 1. The minimum absolute atomic E-state index is 0.298. The Morgan fingerprint density at radius 3 is 2.71 bits per heavy atom. The molecule has 0 aliphatic rings. The first-order valence-corrected chi connectivity index (χ1v) is 6.21. The number of nitrogen functional groups attached to an aromatic ring is 1. The van der Waals surface area contributed by atoms with Crippen molar-refractivity contribution in [2.45, 2.75) is 17.6 Å². The maximum Gasteiger partial charge on any atom is 0.126 e. The van der Waals surface area contributed by atoms with Crippen molar-refractivity contribution in [1.82, 2.24) is 9.78 Å². The molecule has 2 aromatic rings. The van der Waals surface area contributed by atoms with E-state index in [4.69, 9.17) is 5.73 Å². The summed E-state index contributed by atoms with van der Waals surface area (Å²) < 4.78 is 15.0. The van der Waals surface area contributed by atoms with E-state index in [0.29, 0.717) is 5.69 Å². The predicted molar refractivity (Wildman–Crippen MR) is 68.3 cm³/mol. The number of hydrogen-bond donors (Lipinski definition) is 1. The normalized spacial score (nSPS) is 10.8. The molecule has 0 saturated carbocycles. The molecule has 0 spiro atoms. The van der Waals surface area contributed by atoms with E-state index in [-0.39, 0.29) is 5.82 Å². The van der Waals surface area contributed by atoms with E-state index in [0.717, 1.165) is 22.0 Å². The van der Waals surface area contributed by atoms with Gasteiger partial charge in [-0.05, 0) is 31.2 Å². The molecule has 0 unspecified atom stereocenters. The molecule has 17 heavy (non-hydrogen) atoms. The van der Waals surface area contributed by atoms with Crippen LogP contribution in [0.4, 0.5) is 10.1 Å². The largest absolute Gasteiger partial charge is 0.399 e. The summed E-state index contributed by atoms with van der Waals surface area (Å²) in [6.45, 7) is 1.95. The van der Waals surface area contributed by atoms with Crippen LogP contribution in [0.1, 0.15) is 11.4 Å². The van der Waals surface area contributed by atoms with Gasteiger partial charge in [-0.2, -0.15) is 5.10 Å². The second-order valence-electron chi connectivity index (χ2n) is 3.91. The van der Waals surface area contributed by atoms with Crippen LogP contribution in [0.25, 0.3) is 0 Å². The Kier molecular flexibility index (Phi) is 3.38. The Labute approximate surface area is 104 Å². The lowest BCUT2D eigenvalue weighted by Gasteiger charge is -2.03. The monoisotopic (exact) mass is 251 g/mol. The second kappa shape index (κ2) is 4.79. The molecule has 0 aliphatic carbocycles. The summed E-state index contributed by atoms with van der Waals surface area (Å²) in [6.07, 6.45) is 0. The van der Waals surface area contributed by atoms with Crippen LogP contribution < -0.4 is 5.73 Å². The van der Waals surface area contributed by atoms with Gasteiger partial charge in [0.2, 0.25) is 0 Å². The van der Waals surface area contributed by atoms with Gasteiger partial charge in [-0.1, -0.05) is 0 Å². The third-order valence-corrected chi connectivity index (χ3v) is 3.39. The summed E-state index contributed by atoms with van der Waals surface area (Å²) in [6, 6.07) is 6.61. The molecule has 0 fully saturated rings. The molecule has 0 bridgehead atoms. The Morgan fingerprint density at radius 2 is 2.12 bits per heavy atom. The maximum atomic E-state index is 13.1. The van der Waals surface area contributed by atoms with Crippen molar-refractivity contribution >= 4 is 17.4 Å². The number of rotatable bonds is 3. The Bertz CT molecular complexity index is 516. The minimum atomic E-state index is -0.298. The molecule has 90 valence electrons. The van der Waals surface area contributed by atoms with E-state index in [9.17, 15) is 4.39 Å². The van der Waals surface area contributed by atoms with Crippen molar-refractivity contribution in [3.63, 3.8) is 0 Å². The highest BCUT2D eigenvalue weighted by Crippen LogP contribution is 2.25. The SMILES string of the molecule is Cc1cc(CSc2cc(N)cc(F)c2)n(C)n1. The van der Waals surface area contributed by atoms with Crippen molar-refractivity contribution in [3.05, 3.63) is 41.5 Å². The molecule has 2 N–H and O–H groups in total. The number of halogens is 1. The predicted octanol–water partition coefficient (Wildman–Crippen LogP) is 2.74. The van der Waals surface area contributed by atoms with E-state index in [1.807, 2.05) is 24.7 Å². The van der Waals surface area contributed by atoms with Crippen molar-refractivity contribution < 1.29 is 4.39 Å². The number of nitrogens with two attached hydrogens (primary N) is 1. The number of nitrogens with zero attached hydrogens (tertiary/aromatic N) is 2. The summed E-state index contributed by atoms with van der Waals surface area (Å²) in [5.74, 6) is 0.453. The topological polar surface area (TPSA) is 43.8 Å². The lowest BCUT2D eigenvalue weighted by molar-refractivity contribution is 0.625. The van der Waals surface area contributed by atoms with Crippen LogP contribution in [0.3, 0.4) is 0 Å². The van der Waals surface area contributed by atoms with Crippen molar-refractivity contribution in [1.29, 1.82) is 0 Å². The van der Waals surface area contributed by atoms with Gasteiger partial charge in [-0.25, -0.2) is 4.39 Å². The highest BCUT2D eigenvalue weighted by Gasteiger charge is 2.04. The van der Waals surface area contributed by atoms with Gasteiger partial charge < -0.3 is 5.73 Å². The number of thioether (sulfide) groups is 1. The Hall–Kier alpha value is -1.49. The number of benzene rings is 1. The van der Waals surface area contributed by atoms with Gasteiger partial charge in [0.05, 0.1) is 5.69 Å². The number of aryl methyl sites for hydroxylation is 2. The van der Waals surface area contributed by atoms with Crippen LogP contribution in [0.15, 0.2) is 29.2 Å². The first kappa shape index (κ1) is 12.0. The quantitative estimate of drug-likeness (QED) is 0.674. The van der Waals surface area contributed by atoms with Crippen molar-refractivity contribution in [2.24, 2.45) is 7.05 Å². The highest BCUT2D eigenvalue weighted by molar-refractivity contribution is 7.98. The van der Waals surface area contributed by atoms with Crippen LogP contribution in [0, 0.1) is 12.7 Å². The fraction of sp³-hybridized carbons (Fsp3) is 0.250. The summed E-state index contributed by atoms with van der Waals surface area (Å²) in [5, 5.41) is 4.26. The van der Waals surface area contributed by atoms with Crippen molar-refractivity contribution in [3.8, 4) is 0 Å². The van der Waals surface area contributed by atoms with Gasteiger partial charge in [0.15, 0.2) is 0 Å². The van der Waals surface area contributed by atoms with Crippen LogP contribution in [-0.4, -0.2) is 9.78 Å². The van der Waals surface area contributed by atoms with Gasteiger partial charge in [0.25, 0.3) is 0 Å². The first-order valence-electron chi connectivity index (χ1n) is 5.23. The van der Waals surface area contributed by atoms with Gasteiger partial charge in [-0.3, -0.25) is 4.68 Å². The van der Waals surface area contributed by atoms with Gasteiger partial charge in [0, 0.05) is 29.1 Å². The number of aromatic nitrogens is 2. The first-order chi connectivity index (χ1) is 8.04. The molecule has 3 nitrogen and oxygen atoms in total. The maximum absolute atomic E-state index is 13.1. The molecular weight excluding hydrogens is 237 g/mol. The molecule has 0 aliphatic heterocycles. The van der Waals surface area contributed by atoms with E-state index in [2.05, 4.69) is 5.10 Å². The molecule has 0 amide bonds. The second-order valence-corrected chi connectivity index (χ2v) is 4.96. The summed E-state index contributed by atoms with van der Waals surface area (Å²) in [4.78, 5) is 0.835. The lowest BCUT2D eigenvalue weighted by Crippen LogP contribution is -1.96. The molecule has 0 radical (unpaired) electrons. The molecular formula is C12H14FN3S. The average Bonchev–Trinajstić information content (AvgIpc) is 2.53. The fourth-order valence-electron chi connectivity index (χ4n) is 1.62. The summed E-state index contributed by atoms with van der Waals surface area (Å²) in [5.41, 5.74) is 8.14. The number of hydrogen-bond acceptors (Lipinski definition) is 3. The molecule has 2 rings (SSSR count). The van der Waals surface area contributed by atoms with Crippen LogP contribution in [0.5, 0.6) is 0 Å². The third kappa shape index (κ3) is 3.00. The zero-order valence-electron chi connectivity index (χ0n) is 9.77. The Balaban J connectivity index is 2.09. The molecule has 1 aromatic heterocycles. The van der Waals surface area contributed by atoms with Gasteiger partial charge >= 0.3 is 0 Å². The third-order valence-electron chi connectivity index (χ3n) is 2.38. The van der Waals surface area contributed by atoms with Crippen LogP contribution in [-0.2, 0) is 12.8 Å². The zero-order valence-corrected chi connectivity index (χ0v) is 10.6. The van der Waals surface area contributed by atoms with Crippen molar-refractivity contribution in [2.75, 3.05) is 5.73 Å². The van der Waals surface area contributed by atoms with Crippen LogP contribution in [0.2, 0.25) is 0 Å². The molecule has 0 atom stereocenters. The average molecular weight is 251 g/mol. The summed E-state index contributed by atoms with van der Waals surface area (Å²) in [7, 11) is 1.91. The lowest BCUT2D eigenvalue weighted by atomic mass is 10.3. The fourth-order valence-corrected chi connectivity index (χ4v) is 2.62. The molecule has 1 heterocycles. The molecule has 1 aromatic carbocycles. The van der Waals surface area contributed by atoms with E-state index in [1.165, 1.54) is 12.1 Å². The molecule has 5 heteroatoms. The zero-order chi connectivity index (χ0) is 12.4. The van der Waals surface area contributed by atoms with E-state index < -0.39 is 0 Å². The minimum Gasteiger partial charge on any atom is -0.399 e. The molecule has 0 saturated heterocycles. The standard InChI is InChI=1S/C12H14FN3S/c1-8-3-11(16(2)15-8)7-17-12-5-9(13)4-10(14)6-12/h3-6H,7,14H2,1-2H3. The van der Waals surface area contributed by atoms with Crippen LogP contribution >= 0.6 is 11.8 Å². The van der Waals surface area contributed by atoms with E-state index >= 15 is 0 Å². The van der Waals surface area contributed by atoms with E-state index in [1.54, 1.807) is 17.8 Å². The van der Waals surface area contributed by atoms with Gasteiger partial charge in [0.1, 0.15) is 5.82 Å².